The minimum Gasteiger partial charge on any atom is -0.467 e. The molecule has 3 aromatic rings. The molecular formula is C26H25ClN2O5S. The number of nitrogens with zero attached hydrogens (tertiary/aromatic N) is 1. The fourth-order valence-corrected chi connectivity index (χ4v) is 5.55. The number of benzene rings is 3. The van der Waals surface area contributed by atoms with Crippen molar-refractivity contribution >= 4 is 39.2 Å². The number of anilines is 1. The van der Waals surface area contributed by atoms with Crippen LogP contribution in [0.3, 0.4) is 0 Å². The van der Waals surface area contributed by atoms with Crippen LogP contribution in [0, 0.1) is 5.92 Å². The third-order valence-corrected chi connectivity index (χ3v) is 7.54. The van der Waals surface area contributed by atoms with Gasteiger partial charge < -0.3 is 9.64 Å². The van der Waals surface area contributed by atoms with Crippen LogP contribution in [0.1, 0.15) is 29.8 Å². The minimum absolute atomic E-state index is 0.0717. The number of carbonyl (C=O) groups excluding carboxylic acids is 2. The highest BCUT2D eigenvalue weighted by Crippen LogP contribution is 2.32. The molecule has 1 atom stereocenters. The van der Waals surface area contributed by atoms with Crippen LogP contribution >= 0.6 is 11.6 Å². The minimum atomic E-state index is -3.78. The van der Waals surface area contributed by atoms with E-state index in [0.29, 0.717) is 22.8 Å². The van der Waals surface area contributed by atoms with Crippen molar-refractivity contribution < 1.29 is 22.7 Å². The lowest BCUT2D eigenvalue weighted by molar-refractivity contribution is -0.147. The summed E-state index contributed by atoms with van der Waals surface area (Å²) in [7, 11) is -2.46. The van der Waals surface area contributed by atoms with Gasteiger partial charge in [0.25, 0.3) is 15.9 Å². The Morgan fingerprint density at radius 3 is 2.34 bits per heavy atom. The van der Waals surface area contributed by atoms with Crippen molar-refractivity contribution in [3.63, 3.8) is 0 Å². The second-order valence-electron chi connectivity index (χ2n) is 8.66. The summed E-state index contributed by atoms with van der Waals surface area (Å²) in [5.74, 6) is -0.738. The molecule has 0 aromatic heterocycles. The van der Waals surface area contributed by atoms with Crippen LogP contribution in [0.15, 0.2) is 71.6 Å². The molecule has 0 aliphatic carbocycles. The van der Waals surface area contributed by atoms with Crippen molar-refractivity contribution in [3.05, 3.63) is 82.9 Å². The van der Waals surface area contributed by atoms with Gasteiger partial charge in [-0.05, 0) is 59.0 Å². The van der Waals surface area contributed by atoms with Gasteiger partial charge in [0, 0.05) is 22.8 Å². The molecule has 7 nitrogen and oxygen atoms in total. The first-order valence-electron chi connectivity index (χ1n) is 11.0. The SMILES string of the molecule is COC(=O)C(C(C)C)N1Cc2ccc(-c3ccc(NS(=O)(=O)c4cccc(Cl)c4)cc3)cc2C1=O. The van der Waals surface area contributed by atoms with E-state index in [1.54, 1.807) is 47.4 Å². The molecule has 182 valence electrons. The van der Waals surface area contributed by atoms with E-state index in [2.05, 4.69) is 4.72 Å². The largest absolute Gasteiger partial charge is 0.467 e. The second-order valence-corrected chi connectivity index (χ2v) is 10.8. The van der Waals surface area contributed by atoms with E-state index in [4.69, 9.17) is 16.3 Å². The lowest BCUT2D eigenvalue weighted by Crippen LogP contribution is -2.45. The molecule has 1 aliphatic heterocycles. The zero-order valence-corrected chi connectivity index (χ0v) is 21.1. The molecular weight excluding hydrogens is 488 g/mol. The van der Waals surface area contributed by atoms with Gasteiger partial charge in [0.1, 0.15) is 6.04 Å². The normalized spacial score (nSPS) is 14.1. The molecule has 0 saturated carbocycles. The number of hydrogen-bond donors (Lipinski definition) is 1. The van der Waals surface area contributed by atoms with E-state index in [1.807, 2.05) is 26.0 Å². The summed E-state index contributed by atoms with van der Waals surface area (Å²) >= 11 is 5.92. The molecule has 9 heteroatoms. The van der Waals surface area contributed by atoms with Crippen molar-refractivity contribution in [3.8, 4) is 11.1 Å². The molecule has 4 rings (SSSR count). The van der Waals surface area contributed by atoms with Crippen LogP contribution in [0.4, 0.5) is 5.69 Å². The smallest absolute Gasteiger partial charge is 0.328 e. The number of methoxy groups -OCH3 is 1. The van der Waals surface area contributed by atoms with Gasteiger partial charge >= 0.3 is 5.97 Å². The fraction of sp³-hybridized carbons (Fsp3) is 0.231. The number of sulfonamides is 1. The molecule has 1 unspecified atom stereocenters. The number of fused-ring (bicyclic) bond motifs is 1. The van der Waals surface area contributed by atoms with Crippen LogP contribution in [0.5, 0.6) is 0 Å². The van der Waals surface area contributed by atoms with Crippen LogP contribution < -0.4 is 4.72 Å². The van der Waals surface area contributed by atoms with Gasteiger partial charge in [-0.2, -0.15) is 0 Å². The highest BCUT2D eigenvalue weighted by molar-refractivity contribution is 7.92. The molecule has 0 spiro atoms. The van der Waals surface area contributed by atoms with E-state index in [9.17, 15) is 18.0 Å². The third-order valence-electron chi connectivity index (χ3n) is 5.93. The Labute approximate surface area is 209 Å². The summed E-state index contributed by atoms with van der Waals surface area (Å²) in [6.45, 7) is 4.10. The molecule has 1 N–H and O–H groups in total. The Bertz CT molecular complexity index is 1390. The summed E-state index contributed by atoms with van der Waals surface area (Å²) in [6, 6.07) is 17.8. The van der Waals surface area contributed by atoms with Crippen molar-refractivity contribution in [1.82, 2.24) is 4.90 Å². The van der Waals surface area contributed by atoms with Crippen molar-refractivity contribution in [2.45, 2.75) is 31.3 Å². The lowest BCUT2D eigenvalue weighted by atomic mass is 10.0. The zero-order chi connectivity index (χ0) is 25.3. The predicted molar refractivity (Wildman–Crippen MR) is 135 cm³/mol. The molecule has 1 amide bonds. The summed E-state index contributed by atoms with van der Waals surface area (Å²) < 4.78 is 32.7. The Morgan fingerprint density at radius 1 is 1.03 bits per heavy atom. The molecule has 0 saturated heterocycles. The second kappa shape index (κ2) is 9.71. The topological polar surface area (TPSA) is 92.8 Å². The number of amides is 1. The standard InChI is InChI=1S/C26H25ClN2O5S/c1-16(2)24(26(31)34-3)29-15-19-8-7-18(13-23(19)25(29)30)17-9-11-21(12-10-17)28-35(32,33)22-6-4-5-20(27)14-22/h4-14,16,24,28H,15H2,1-3H3. The first-order valence-corrected chi connectivity index (χ1v) is 12.9. The van der Waals surface area contributed by atoms with Gasteiger partial charge in [0.2, 0.25) is 0 Å². The van der Waals surface area contributed by atoms with Crippen LogP contribution in [0.25, 0.3) is 11.1 Å². The quantitative estimate of drug-likeness (QED) is 0.451. The molecule has 35 heavy (non-hydrogen) atoms. The van der Waals surface area contributed by atoms with Crippen LogP contribution in [-0.2, 0) is 26.1 Å². The molecule has 3 aromatic carbocycles. The van der Waals surface area contributed by atoms with Crippen molar-refractivity contribution in [2.24, 2.45) is 5.92 Å². The summed E-state index contributed by atoms with van der Waals surface area (Å²) in [6.07, 6.45) is 0. The average molecular weight is 513 g/mol. The van der Waals surface area contributed by atoms with Crippen LogP contribution in [0.2, 0.25) is 5.02 Å². The van der Waals surface area contributed by atoms with Crippen molar-refractivity contribution in [1.29, 1.82) is 0 Å². The molecule has 0 bridgehead atoms. The van der Waals surface area contributed by atoms with Gasteiger partial charge in [0.05, 0.1) is 12.0 Å². The predicted octanol–water partition coefficient (Wildman–Crippen LogP) is 4.96. The Hall–Kier alpha value is -3.36. The number of esters is 1. The van der Waals surface area contributed by atoms with Gasteiger partial charge in [-0.25, -0.2) is 13.2 Å². The maximum Gasteiger partial charge on any atom is 0.328 e. The number of halogens is 1. The first kappa shape index (κ1) is 24.8. The van der Waals surface area contributed by atoms with Gasteiger partial charge in [0.15, 0.2) is 0 Å². The van der Waals surface area contributed by atoms with E-state index in [-0.39, 0.29) is 16.7 Å². The zero-order valence-electron chi connectivity index (χ0n) is 19.5. The Kier molecular flexibility index (Phi) is 6.87. The number of ether oxygens (including phenoxy) is 1. The molecule has 0 radical (unpaired) electrons. The highest BCUT2D eigenvalue weighted by Gasteiger charge is 2.38. The highest BCUT2D eigenvalue weighted by atomic mass is 35.5. The van der Waals surface area contributed by atoms with Gasteiger partial charge in [-0.3, -0.25) is 9.52 Å². The number of rotatable bonds is 7. The lowest BCUT2D eigenvalue weighted by Gasteiger charge is -2.28. The molecule has 0 fully saturated rings. The van der Waals surface area contributed by atoms with Gasteiger partial charge in [-0.1, -0.05) is 55.8 Å². The maximum absolute atomic E-state index is 13.1. The maximum atomic E-state index is 13.1. The Balaban J connectivity index is 1.55. The summed E-state index contributed by atoms with van der Waals surface area (Å²) in [5.41, 5.74) is 3.41. The van der Waals surface area contributed by atoms with Crippen LogP contribution in [-0.4, -0.2) is 38.3 Å². The number of carbonyl (C=O) groups is 2. The van der Waals surface area contributed by atoms with E-state index < -0.39 is 22.0 Å². The third kappa shape index (κ3) is 5.04. The summed E-state index contributed by atoms with van der Waals surface area (Å²) in [4.78, 5) is 27.1. The van der Waals surface area contributed by atoms with E-state index in [1.165, 1.54) is 19.2 Å². The monoisotopic (exact) mass is 512 g/mol. The number of nitrogens with one attached hydrogen (secondary N) is 1. The van der Waals surface area contributed by atoms with E-state index >= 15 is 0 Å². The number of hydrogen-bond acceptors (Lipinski definition) is 5. The fourth-order valence-electron chi connectivity index (χ4n) is 4.19. The molecule has 1 aliphatic rings. The first-order chi connectivity index (χ1) is 16.6. The average Bonchev–Trinajstić information content (AvgIpc) is 3.14. The molecule has 1 heterocycles. The van der Waals surface area contributed by atoms with Gasteiger partial charge in [-0.15, -0.1) is 0 Å². The summed E-state index contributed by atoms with van der Waals surface area (Å²) in [5, 5.41) is 0.333. The Morgan fingerprint density at radius 2 is 1.71 bits per heavy atom. The van der Waals surface area contributed by atoms with Crippen molar-refractivity contribution in [2.75, 3.05) is 11.8 Å². The van der Waals surface area contributed by atoms with E-state index in [0.717, 1.165) is 16.7 Å².